The number of piperidine rings is 1. The predicted molar refractivity (Wildman–Crippen MR) is 85.2 cm³/mol. The van der Waals surface area contributed by atoms with Gasteiger partial charge in [0.1, 0.15) is 5.54 Å². The smallest absolute Gasteiger partial charge is 0.327 e. The first-order chi connectivity index (χ1) is 10.0. The lowest BCUT2D eigenvalue weighted by Crippen LogP contribution is -2.64. The van der Waals surface area contributed by atoms with Crippen LogP contribution in [0.25, 0.3) is 0 Å². The maximum atomic E-state index is 12.6. The molecule has 3 atom stereocenters. The van der Waals surface area contributed by atoms with Crippen molar-refractivity contribution >= 4 is 5.97 Å². The molecule has 0 radical (unpaired) electrons. The third-order valence-electron chi connectivity index (χ3n) is 5.32. The van der Waals surface area contributed by atoms with E-state index in [0.29, 0.717) is 18.0 Å². The number of hydrogen-bond acceptors (Lipinski definition) is 4. The number of nitrogens with zero attached hydrogens (tertiary/aromatic N) is 1. The van der Waals surface area contributed by atoms with E-state index in [4.69, 9.17) is 4.74 Å². The van der Waals surface area contributed by atoms with E-state index in [1.165, 1.54) is 26.4 Å². The molecule has 1 aliphatic heterocycles. The Balaban J connectivity index is 2.19. The molecule has 21 heavy (non-hydrogen) atoms. The van der Waals surface area contributed by atoms with E-state index in [1.54, 1.807) is 0 Å². The second-order valence-electron chi connectivity index (χ2n) is 6.97. The molecule has 1 saturated carbocycles. The summed E-state index contributed by atoms with van der Waals surface area (Å²) in [5, 5.41) is 3.57. The van der Waals surface area contributed by atoms with E-state index in [2.05, 4.69) is 31.0 Å². The van der Waals surface area contributed by atoms with E-state index in [0.717, 1.165) is 32.4 Å². The molecule has 122 valence electrons. The molecule has 1 saturated heterocycles. The first kappa shape index (κ1) is 16.8. The van der Waals surface area contributed by atoms with Crippen molar-refractivity contribution in [2.45, 2.75) is 76.9 Å². The van der Waals surface area contributed by atoms with Gasteiger partial charge in [-0.25, -0.2) is 4.79 Å². The topological polar surface area (TPSA) is 41.6 Å². The molecular weight excluding hydrogens is 264 g/mol. The quantitative estimate of drug-likeness (QED) is 0.733. The number of hydrogen-bond donors (Lipinski definition) is 1. The molecule has 0 bridgehead atoms. The van der Waals surface area contributed by atoms with Crippen molar-refractivity contribution in [3.8, 4) is 0 Å². The van der Waals surface area contributed by atoms with Crippen LogP contribution in [0.4, 0.5) is 0 Å². The van der Waals surface area contributed by atoms with Crippen molar-refractivity contribution in [1.82, 2.24) is 10.2 Å². The van der Waals surface area contributed by atoms with Crippen LogP contribution in [-0.4, -0.2) is 48.7 Å². The number of methoxy groups -OCH3 is 1. The number of carbonyl (C=O) groups excluding carboxylic acids is 1. The lowest BCUT2D eigenvalue weighted by atomic mass is 9.88. The number of rotatable bonds is 7. The number of esters is 1. The average Bonchev–Trinajstić information content (AvgIpc) is 3.31. The van der Waals surface area contributed by atoms with Crippen molar-refractivity contribution in [1.29, 1.82) is 0 Å². The van der Waals surface area contributed by atoms with Crippen LogP contribution in [0, 0.1) is 5.92 Å². The molecule has 0 aromatic carbocycles. The Bertz CT molecular complexity index is 347. The zero-order valence-electron chi connectivity index (χ0n) is 14.2. The fourth-order valence-corrected chi connectivity index (χ4v) is 3.81. The van der Waals surface area contributed by atoms with Crippen molar-refractivity contribution in [2.24, 2.45) is 5.92 Å². The minimum absolute atomic E-state index is 0.0663. The Morgan fingerprint density at radius 2 is 1.86 bits per heavy atom. The Morgan fingerprint density at radius 1 is 1.24 bits per heavy atom. The third-order valence-corrected chi connectivity index (χ3v) is 5.32. The fourth-order valence-electron chi connectivity index (χ4n) is 3.81. The summed E-state index contributed by atoms with van der Waals surface area (Å²) in [6, 6.07) is 1.11. The fraction of sp³-hybridized carbons (Fsp3) is 0.941. The SMILES string of the molecule is CCCNC(CN1C(C)CCCC1C)(C(=O)OC)C1CC1. The number of ether oxygens (including phenoxy) is 1. The monoisotopic (exact) mass is 296 g/mol. The Hall–Kier alpha value is -0.610. The molecule has 4 heteroatoms. The maximum absolute atomic E-state index is 12.6. The van der Waals surface area contributed by atoms with Crippen LogP contribution in [0.1, 0.15) is 59.3 Å². The highest BCUT2D eigenvalue weighted by Gasteiger charge is 2.53. The van der Waals surface area contributed by atoms with Gasteiger partial charge in [0, 0.05) is 18.6 Å². The van der Waals surface area contributed by atoms with E-state index >= 15 is 0 Å². The van der Waals surface area contributed by atoms with Crippen molar-refractivity contribution < 1.29 is 9.53 Å². The first-order valence-electron chi connectivity index (χ1n) is 8.64. The summed E-state index contributed by atoms with van der Waals surface area (Å²) in [4.78, 5) is 15.1. The molecule has 0 spiro atoms. The van der Waals surface area contributed by atoms with Gasteiger partial charge in [-0.3, -0.25) is 4.90 Å². The Morgan fingerprint density at radius 3 is 2.33 bits per heavy atom. The highest BCUT2D eigenvalue weighted by molar-refractivity contribution is 5.82. The van der Waals surface area contributed by atoms with Crippen molar-refractivity contribution in [2.75, 3.05) is 20.2 Å². The van der Waals surface area contributed by atoms with Gasteiger partial charge in [-0.1, -0.05) is 13.3 Å². The first-order valence-corrected chi connectivity index (χ1v) is 8.64. The van der Waals surface area contributed by atoms with E-state index in [1.807, 2.05) is 0 Å². The molecule has 2 aliphatic rings. The molecule has 0 aromatic heterocycles. The highest BCUT2D eigenvalue weighted by Crippen LogP contribution is 2.42. The minimum Gasteiger partial charge on any atom is -0.468 e. The zero-order valence-corrected chi connectivity index (χ0v) is 14.2. The molecule has 0 amide bonds. The van der Waals surface area contributed by atoms with Crippen LogP contribution in [0.3, 0.4) is 0 Å². The normalized spacial score (nSPS) is 29.9. The van der Waals surface area contributed by atoms with E-state index < -0.39 is 5.54 Å². The number of nitrogens with one attached hydrogen (secondary N) is 1. The van der Waals surface area contributed by atoms with Gasteiger partial charge in [-0.15, -0.1) is 0 Å². The predicted octanol–water partition coefficient (Wildman–Crippen LogP) is 2.57. The van der Waals surface area contributed by atoms with Crippen LogP contribution >= 0.6 is 0 Å². The number of likely N-dealkylation sites (tertiary alicyclic amines) is 1. The maximum Gasteiger partial charge on any atom is 0.327 e. The second-order valence-corrected chi connectivity index (χ2v) is 6.97. The Labute approximate surface area is 129 Å². The summed E-state index contributed by atoms with van der Waals surface area (Å²) in [6.07, 6.45) is 7.09. The van der Waals surface area contributed by atoms with E-state index in [9.17, 15) is 4.79 Å². The third kappa shape index (κ3) is 3.59. The zero-order chi connectivity index (χ0) is 15.5. The summed E-state index contributed by atoms with van der Waals surface area (Å²) in [5.74, 6) is 0.376. The van der Waals surface area contributed by atoms with Crippen LogP contribution in [0.2, 0.25) is 0 Å². The Kier molecular flexibility index (Phi) is 5.67. The summed E-state index contributed by atoms with van der Waals surface area (Å²) in [7, 11) is 1.52. The second kappa shape index (κ2) is 7.10. The van der Waals surface area contributed by atoms with Gasteiger partial charge in [0.05, 0.1) is 7.11 Å². The van der Waals surface area contributed by atoms with Gasteiger partial charge in [0.15, 0.2) is 0 Å². The lowest BCUT2D eigenvalue weighted by molar-refractivity contribution is -0.151. The van der Waals surface area contributed by atoms with Gasteiger partial charge < -0.3 is 10.1 Å². The van der Waals surface area contributed by atoms with Gasteiger partial charge >= 0.3 is 5.97 Å². The molecule has 3 unspecified atom stereocenters. The van der Waals surface area contributed by atoms with Crippen LogP contribution in [0.15, 0.2) is 0 Å². The minimum atomic E-state index is -0.495. The van der Waals surface area contributed by atoms with Gasteiger partial charge in [-0.2, -0.15) is 0 Å². The molecule has 1 aliphatic carbocycles. The largest absolute Gasteiger partial charge is 0.468 e. The van der Waals surface area contributed by atoms with Gasteiger partial charge in [0.2, 0.25) is 0 Å². The van der Waals surface area contributed by atoms with E-state index in [-0.39, 0.29) is 5.97 Å². The highest BCUT2D eigenvalue weighted by atomic mass is 16.5. The van der Waals surface area contributed by atoms with Crippen LogP contribution < -0.4 is 5.32 Å². The standard InChI is InChI=1S/C17H32N2O2/c1-5-11-18-17(15-9-10-15,16(20)21-4)12-19-13(2)7-6-8-14(19)3/h13-15,18H,5-12H2,1-4H3. The van der Waals surface area contributed by atoms with Gasteiger partial charge in [-0.05, 0) is 58.4 Å². The van der Waals surface area contributed by atoms with Crippen LogP contribution in [0.5, 0.6) is 0 Å². The van der Waals surface area contributed by atoms with Gasteiger partial charge in [0.25, 0.3) is 0 Å². The molecular formula is C17H32N2O2. The summed E-state index contributed by atoms with van der Waals surface area (Å²) in [6.45, 7) is 8.41. The van der Waals surface area contributed by atoms with Crippen molar-refractivity contribution in [3.63, 3.8) is 0 Å². The number of carbonyl (C=O) groups is 1. The lowest BCUT2D eigenvalue weighted by Gasteiger charge is -2.45. The van der Waals surface area contributed by atoms with Crippen LogP contribution in [-0.2, 0) is 9.53 Å². The summed E-state index contributed by atoms with van der Waals surface area (Å²) < 4.78 is 5.20. The molecule has 1 heterocycles. The average molecular weight is 296 g/mol. The molecule has 2 rings (SSSR count). The molecule has 2 fully saturated rings. The molecule has 4 nitrogen and oxygen atoms in total. The van der Waals surface area contributed by atoms with Crippen molar-refractivity contribution in [3.05, 3.63) is 0 Å². The summed E-state index contributed by atoms with van der Waals surface area (Å²) in [5.41, 5.74) is -0.495. The molecule has 0 aromatic rings. The summed E-state index contributed by atoms with van der Waals surface area (Å²) >= 11 is 0. The molecule has 1 N–H and O–H groups in total.